The molecule has 0 heterocycles. The van der Waals surface area contributed by atoms with E-state index in [-0.39, 0.29) is 0 Å². The first kappa shape index (κ1) is 58.3. The van der Waals surface area contributed by atoms with Crippen molar-refractivity contribution in [1.82, 2.24) is 0 Å². The normalized spacial score (nSPS) is 10.8. The van der Waals surface area contributed by atoms with E-state index in [2.05, 4.69) is 76.2 Å². The molecule has 1 atom stereocenters. The fraction of sp³-hybridized carbons (Fsp3) is 1.00. The van der Waals surface area contributed by atoms with Crippen LogP contribution in [-0.2, 0) is 0 Å². The summed E-state index contributed by atoms with van der Waals surface area (Å²) in [6.07, 6.45) is 52.8. The fourth-order valence-corrected chi connectivity index (χ4v) is 5.91. The average molecular weight is 697 g/mol. The largest absolute Gasteiger partial charge is 0.0654 e. The molecule has 0 nitrogen and oxygen atoms in total. The molecule has 0 saturated heterocycles. The van der Waals surface area contributed by atoms with Crippen LogP contribution >= 0.6 is 0 Å². The predicted octanol–water partition coefficient (Wildman–Crippen LogP) is 20.2. The van der Waals surface area contributed by atoms with Crippen LogP contribution in [0.25, 0.3) is 0 Å². The van der Waals surface area contributed by atoms with E-state index in [1.54, 1.807) is 0 Å². The van der Waals surface area contributed by atoms with Crippen LogP contribution in [0.1, 0.15) is 314 Å². The number of hydrogen-bond donors (Lipinski definition) is 0. The van der Waals surface area contributed by atoms with E-state index in [0.29, 0.717) is 0 Å². The summed E-state index contributed by atoms with van der Waals surface area (Å²) in [6, 6.07) is 0. The first-order valence-electron chi connectivity index (χ1n) is 24.0. The van der Waals surface area contributed by atoms with E-state index in [4.69, 9.17) is 0 Å². The summed E-state index contributed by atoms with van der Waals surface area (Å²) in [6.45, 7) is 25.1. The molecule has 0 amide bonds. The summed E-state index contributed by atoms with van der Waals surface area (Å²) in [5, 5.41) is 0. The lowest BCUT2D eigenvalue weighted by molar-refractivity contribution is 0.448. The molecule has 0 bridgehead atoms. The fourth-order valence-electron chi connectivity index (χ4n) is 5.91. The van der Waals surface area contributed by atoms with Gasteiger partial charge in [0.2, 0.25) is 0 Å². The number of rotatable bonds is 33. The second-order valence-corrected chi connectivity index (χ2v) is 15.5. The van der Waals surface area contributed by atoms with Gasteiger partial charge in [-0.2, -0.15) is 0 Å². The lowest BCUT2D eigenvalue weighted by Gasteiger charge is -2.09. The predicted molar refractivity (Wildman–Crippen MR) is 237 cm³/mol. The van der Waals surface area contributed by atoms with E-state index in [9.17, 15) is 0 Å². The van der Waals surface area contributed by atoms with Crippen LogP contribution < -0.4 is 0 Å². The summed E-state index contributed by atoms with van der Waals surface area (Å²) in [7, 11) is 0. The van der Waals surface area contributed by atoms with E-state index >= 15 is 0 Å². The van der Waals surface area contributed by atoms with Gasteiger partial charge in [0.25, 0.3) is 0 Å². The van der Waals surface area contributed by atoms with Crippen LogP contribution in [0.5, 0.6) is 0 Å². The highest BCUT2D eigenvalue weighted by Crippen LogP contribution is 2.15. The van der Waals surface area contributed by atoms with E-state index in [0.717, 1.165) is 5.92 Å². The molecule has 0 saturated carbocycles. The standard InChI is InChI=1S/C11H24.3C10H22.C8H18/c1-4-6-8-10-11(3)9-7-5-2;3*1-3-5-7-9-10-8-6-4-2;1-3-5-7-8-6-4-2/h11H,4-10H2,1-3H3;3*3-10H2,1-2H3;3-8H2,1-2H3. The van der Waals surface area contributed by atoms with Gasteiger partial charge in [-0.05, 0) is 5.92 Å². The average Bonchev–Trinajstić information content (AvgIpc) is 3.12. The monoisotopic (exact) mass is 697 g/mol. The first-order valence-corrected chi connectivity index (χ1v) is 24.0. The Morgan fingerprint density at radius 1 is 0.184 bits per heavy atom. The van der Waals surface area contributed by atoms with Crippen molar-refractivity contribution < 1.29 is 0 Å². The maximum atomic E-state index is 2.39. The zero-order valence-electron chi connectivity index (χ0n) is 37.7. The van der Waals surface area contributed by atoms with Gasteiger partial charge in [0, 0.05) is 0 Å². The molecular weight excluding hydrogens is 589 g/mol. The van der Waals surface area contributed by atoms with Gasteiger partial charge in [0.1, 0.15) is 0 Å². The second-order valence-electron chi connectivity index (χ2n) is 15.5. The van der Waals surface area contributed by atoms with E-state index < -0.39 is 0 Å². The Bertz CT molecular complexity index is 358. The molecule has 0 aromatic carbocycles. The molecule has 304 valence electrons. The van der Waals surface area contributed by atoms with Crippen molar-refractivity contribution >= 4 is 0 Å². The van der Waals surface area contributed by atoms with Gasteiger partial charge in [0.15, 0.2) is 0 Å². The molecule has 0 spiro atoms. The molecule has 0 N–H and O–H groups in total. The summed E-state index contributed by atoms with van der Waals surface area (Å²) < 4.78 is 0. The van der Waals surface area contributed by atoms with Crippen LogP contribution in [0.4, 0.5) is 0 Å². The minimum atomic E-state index is 0.974. The third-order valence-corrected chi connectivity index (χ3v) is 9.68. The summed E-state index contributed by atoms with van der Waals surface area (Å²) >= 11 is 0. The van der Waals surface area contributed by atoms with Crippen LogP contribution in [0, 0.1) is 5.92 Å². The lowest BCUT2D eigenvalue weighted by atomic mass is 9.98. The second kappa shape index (κ2) is 66.3. The molecular formula is C49H108. The summed E-state index contributed by atoms with van der Waals surface area (Å²) in [4.78, 5) is 0. The quantitative estimate of drug-likeness (QED) is 0.0599. The van der Waals surface area contributed by atoms with Crippen LogP contribution in [-0.4, -0.2) is 0 Å². The van der Waals surface area contributed by atoms with Gasteiger partial charge in [-0.15, -0.1) is 0 Å². The Labute approximate surface area is 318 Å². The van der Waals surface area contributed by atoms with Gasteiger partial charge in [-0.3, -0.25) is 0 Å². The number of hydrogen-bond acceptors (Lipinski definition) is 0. The van der Waals surface area contributed by atoms with Crippen molar-refractivity contribution in [2.75, 3.05) is 0 Å². The van der Waals surface area contributed by atoms with Crippen LogP contribution in [0.2, 0.25) is 0 Å². The van der Waals surface area contributed by atoms with Gasteiger partial charge >= 0.3 is 0 Å². The summed E-state index contributed by atoms with van der Waals surface area (Å²) in [5.74, 6) is 0.974. The zero-order chi connectivity index (χ0) is 37.7. The summed E-state index contributed by atoms with van der Waals surface area (Å²) in [5.41, 5.74) is 0. The highest BCUT2D eigenvalue weighted by Gasteiger charge is 1.99. The molecule has 0 aromatic rings. The Hall–Kier alpha value is 0. The van der Waals surface area contributed by atoms with Crippen molar-refractivity contribution in [3.05, 3.63) is 0 Å². The van der Waals surface area contributed by atoms with Crippen molar-refractivity contribution in [1.29, 1.82) is 0 Å². The Morgan fingerprint density at radius 2 is 0.327 bits per heavy atom. The highest BCUT2D eigenvalue weighted by molar-refractivity contribution is 4.53. The molecule has 0 aliphatic heterocycles. The van der Waals surface area contributed by atoms with E-state index in [1.807, 2.05) is 0 Å². The third-order valence-electron chi connectivity index (χ3n) is 9.68. The topological polar surface area (TPSA) is 0 Å². The van der Waals surface area contributed by atoms with Crippen LogP contribution in [0.15, 0.2) is 0 Å². The van der Waals surface area contributed by atoms with E-state index in [1.165, 1.54) is 238 Å². The Morgan fingerprint density at radius 3 is 0.510 bits per heavy atom. The molecule has 0 heteroatoms. The maximum absolute atomic E-state index is 2.39. The maximum Gasteiger partial charge on any atom is -0.0443 e. The van der Waals surface area contributed by atoms with Crippen molar-refractivity contribution in [2.24, 2.45) is 5.92 Å². The minimum absolute atomic E-state index is 0.974. The van der Waals surface area contributed by atoms with Crippen molar-refractivity contribution in [3.63, 3.8) is 0 Å². The van der Waals surface area contributed by atoms with Gasteiger partial charge in [-0.1, -0.05) is 314 Å². The molecule has 49 heavy (non-hydrogen) atoms. The molecule has 0 aliphatic carbocycles. The highest BCUT2D eigenvalue weighted by atomic mass is 14.1. The first-order chi connectivity index (χ1) is 24.0. The van der Waals surface area contributed by atoms with Crippen molar-refractivity contribution in [3.8, 4) is 0 Å². The van der Waals surface area contributed by atoms with Gasteiger partial charge in [-0.25, -0.2) is 0 Å². The van der Waals surface area contributed by atoms with Gasteiger partial charge < -0.3 is 0 Å². The zero-order valence-corrected chi connectivity index (χ0v) is 37.7. The lowest BCUT2D eigenvalue weighted by Crippen LogP contribution is -1.93. The molecule has 0 aliphatic rings. The SMILES string of the molecule is CCCCCC(C)CCCC.CCCCCCCC.CCCCCCCCCC.CCCCCCCCCC.CCCCCCCCCC. The molecule has 0 rings (SSSR count). The smallest absolute Gasteiger partial charge is 0.0443 e. The number of unbranched alkanes of at least 4 members (excludes halogenated alkanes) is 29. The Balaban J connectivity index is -0.000000165. The minimum Gasteiger partial charge on any atom is -0.0654 e. The molecule has 0 aromatic heterocycles. The third kappa shape index (κ3) is 82.9. The van der Waals surface area contributed by atoms with Gasteiger partial charge in [0.05, 0.1) is 0 Å². The molecule has 1 unspecified atom stereocenters. The molecule has 0 fully saturated rings. The molecule has 0 radical (unpaired) electrons. The Kier molecular flexibility index (Phi) is 78.9. The van der Waals surface area contributed by atoms with Crippen molar-refractivity contribution in [2.45, 2.75) is 314 Å². The van der Waals surface area contributed by atoms with Crippen LogP contribution in [0.3, 0.4) is 0 Å².